The van der Waals surface area contributed by atoms with Crippen molar-refractivity contribution in [2.45, 2.75) is 19.8 Å². The van der Waals surface area contributed by atoms with Crippen LogP contribution in [0.4, 0.5) is 5.69 Å². The van der Waals surface area contributed by atoms with Crippen LogP contribution in [0.3, 0.4) is 0 Å². The highest BCUT2D eigenvalue weighted by Crippen LogP contribution is 2.22. The Morgan fingerprint density at radius 2 is 1.41 bits per heavy atom. The molecule has 0 amide bonds. The van der Waals surface area contributed by atoms with Gasteiger partial charge in [0.1, 0.15) is 5.75 Å². The first-order valence-electron chi connectivity index (χ1n) is 9.14. The van der Waals surface area contributed by atoms with E-state index in [9.17, 15) is 0 Å². The Hall–Kier alpha value is -2.58. The fraction of sp³-hybridized carbons (Fsp3) is 0.174. The van der Waals surface area contributed by atoms with Crippen LogP contribution in [-0.2, 0) is 24.5 Å². The van der Waals surface area contributed by atoms with E-state index in [0.29, 0.717) is 25.7 Å². The Morgan fingerprint density at radius 1 is 0.828 bits per heavy atom. The fourth-order valence-corrected chi connectivity index (χ4v) is 2.70. The number of anilines is 1. The summed E-state index contributed by atoms with van der Waals surface area (Å²) in [6.45, 7) is 1.69. The number of halogens is 1. The summed E-state index contributed by atoms with van der Waals surface area (Å²) in [4.78, 5) is 4.39. The predicted octanol–water partition coefficient (Wildman–Crippen LogP) is 4.96. The molecule has 3 N–H and O–H groups in total. The van der Waals surface area contributed by atoms with Crippen molar-refractivity contribution in [2.75, 3.05) is 12.4 Å². The number of benzene rings is 3. The number of nitrogens with two attached hydrogens (primary N) is 1. The molecule has 0 aliphatic carbocycles. The van der Waals surface area contributed by atoms with Gasteiger partial charge in [-0.05, 0) is 28.8 Å². The Labute approximate surface area is 189 Å². The summed E-state index contributed by atoms with van der Waals surface area (Å²) in [7, 11) is 1.62. The van der Waals surface area contributed by atoms with Gasteiger partial charge >= 0.3 is 0 Å². The van der Waals surface area contributed by atoms with Crippen molar-refractivity contribution in [1.82, 2.24) is 0 Å². The van der Waals surface area contributed by atoms with Crippen molar-refractivity contribution in [3.63, 3.8) is 0 Å². The summed E-state index contributed by atoms with van der Waals surface area (Å²) in [6, 6.07) is 25.9. The zero-order chi connectivity index (χ0) is 19.6. The summed E-state index contributed by atoms with van der Waals surface area (Å²) in [5.74, 6) is 1.07. The molecule has 5 nitrogen and oxygen atoms in total. The Bertz CT molecular complexity index is 900. The third-order valence-corrected chi connectivity index (χ3v) is 4.20. The van der Waals surface area contributed by atoms with E-state index >= 15 is 0 Å². The topological polar surface area (TPSA) is 68.9 Å². The predicted molar refractivity (Wildman–Crippen MR) is 129 cm³/mol. The second-order valence-electron chi connectivity index (χ2n) is 6.32. The maximum atomic E-state index is 5.99. The number of aliphatic imine (C=N–C) groups is 1. The molecule has 0 aromatic heterocycles. The molecule has 0 aliphatic heterocycles. The molecule has 3 aromatic carbocycles. The molecule has 3 aromatic rings. The molecule has 0 aliphatic rings. The van der Waals surface area contributed by atoms with E-state index in [0.717, 1.165) is 22.6 Å². The molecule has 6 heteroatoms. The summed E-state index contributed by atoms with van der Waals surface area (Å²) >= 11 is 0. The van der Waals surface area contributed by atoms with Crippen LogP contribution < -0.4 is 15.8 Å². The van der Waals surface area contributed by atoms with Gasteiger partial charge in [0.15, 0.2) is 5.96 Å². The molecule has 0 radical (unpaired) electrons. The normalized spacial score (nSPS) is 10.9. The molecule has 152 valence electrons. The van der Waals surface area contributed by atoms with E-state index < -0.39 is 0 Å². The summed E-state index contributed by atoms with van der Waals surface area (Å²) < 4.78 is 11.1. The minimum absolute atomic E-state index is 0. The number of hydrogen-bond acceptors (Lipinski definition) is 3. The second-order valence-corrected chi connectivity index (χ2v) is 6.32. The summed E-state index contributed by atoms with van der Waals surface area (Å²) in [5, 5.41) is 3.07. The Kier molecular flexibility index (Phi) is 9.46. The van der Waals surface area contributed by atoms with Gasteiger partial charge in [-0.2, -0.15) is 0 Å². The van der Waals surface area contributed by atoms with Crippen LogP contribution in [0.1, 0.15) is 16.7 Å². The monoisotopic (exact) mass is 503 g/mol. The first-order chi connectivity index (χ1) is 13.7. The number of nitrogens with zero attached hydrogens (tertiary/aromatic N) is 1. The molecule has 0 unspecified atom stereocenters. The lowest BCUT2D eigenvalue weighted by Gasteiger charge is -2.10. The number of para-hydroxylation sites is 2. The van der Waals surface area contributed by atoms with Crippen molar-refractivity contribution in [3.8, 4) is 5.75 Å². The fourth-order valence-electron chi connectivity index (χ4n) is 2.70. The standard InChI is InChI=1S/C23H25N3O2.HI/c1-27-22-10-6-5-9-21(22)26-23(24)25-15-18-11-13-20(14-12-18)17-28-16-19-7-3-2-4-8-19;/h2-14H,15-17H2,1H3,(H3,24,25,26);1H. The molecule has 0 saturated carbocycles. The quantitative estimate of drug-likeness (QED) is 0.259. The third kappa shape index (κ3) is 7.40. The smallest absolute Gasteiger partial charge is 0.193 e. The molecule has 0 heterocycles. The number of hydrogen-bond donors (Lipinski definition) is 2. The third-order valence-electron chi connectivity index (χ3n) is 4.20. The first kappa shape index (κ1) is 22.7. The minimum atomic E-state index is 0. The van der Waals surface area contributed by atoms with Gasteiger partial charge in [0.25, 0.3) is 0 Å². The lowest BCUT2D eigenvalue weighted by atomic mass is 10.1. The molecule has 0 saturated heterocycles. The van der Waals surface area contributed by atoms with Crippen LogP contribution in [0.5, 0.6) is 5.75 Å². The van der Waals surface area contributed by atoms with E-state index in [1.165, 1.54) is 5.56 Å². The minimum Gasteiger partial charge on any atom is -0.495 e. The van der Waals surface area contributed by atoms with Crippen molar-refractivity contribution in [1.29, 1.82) is 0 Å². The van der Waals surface area contributed by atoms with Crippen LogP contribution >= 0.6 is 24.0 Å². The lowest BCUT2D eigenvalue weighted by molar-refractivity contribution is 0.107. The van der Waals surface area contributed by atoms with Gasteiger partial charge in [0, 0.05) is 0 Å². The van der Waals surface area contributed by atoms with Crippen molar-refractivity contribution >= 4 is 35.6 Å². The molecular weight excluding hydrogens is 477 g/mol. The van der Waals surface area contributed by atoms with Crippen LogP contribution in [0, 0.1) is 0 Å². The molecule has 0 bridgehead atoms. The van der Waals surface area contributed by atoms with Crippen LogP contribution in [-0.4, -0.2) is 13.1 Å². The summed E-state index contributed by atoms with van der Waals surface area (Å²) in [5.41, 5.74) is 10.2. The van der Waals surface area contributed by atoms with E-state index in [1.807, 2.05) is 54.6 Å². The number of ether oxygens (including phenoxy) is 2. The average Bonchev–Trinajstić information content (AvgIpc) is 2.74. The van der Waals surface area contributed by atoms with Crippen molar-refractivity contribution in [2.24, 2.45) is 10.7 Å². The van der Waals surface area contributed by atoms with Gasteiger partial charge in [0.2, 0.25) is 0 Å². The zero-order valence-electron chi connectivity index (χ0n) is 16.4. The van der Waals surface area contributed by atoms with Gasteiger partial charge in [-0.15, -0.1) is 24.0 Å². The van der Waals surface area contributed by atoms with Gasteiger partial charge in [-0.3, -0.25) is 0 Å². The van der Waals surface area contributed by atoms with E-state index in [4.69, 9.17) is 15.2 Å². The number of guanidine groups is 1. The highest BCUT2D eigenvalue weighted by atomic mass is 127. The molecule has 0 fully saturated rings. The van der Waals surface area contributed by atoms with Crippen LogP contribution in [0.15, 0.2) is 83.9 Å². The van der Waals surface area contributed by atoms with E-state index in [-0.39, 0.29) is 24.0 Å². The van der Waals surface area contributed by atoms with Crippen LogP contribution in [0.25, 0.3) is 0 Å². The highest BCUT2D eigenvalue weighted by Gasteiger charge is 2.02. The zero-order valence-corrected chi connectivity index (χ0v) is 18.7. The Balaban J connectivity index is 0.00000300. The maximum Gasteiger partial charge on any atom is 0.193 e. The number of rotatable bonds is 8. The van der Waals surface area contributed by atoms with Gasteiger partial charge in [0.05, 0.1) is 32.6 Å². The molecule has 29 heavy (non-hydrogen) atoms. The molecule has 0 atom stereocenters. The summed E-state index contributed by atoms with van der Waals surface area (Å²) in [6.07, 6.45) is 0. The number of nitrogens with one attached hydrogen (secondary N) is 1. The van der Waals surface area contributed by atoms with Gasteiger partial charge in [-0.25, -0.2) is 4.99 Å². The van der Waals surface area contributed by atoms with E-state index in [2.05, 4.69) is 34.6 Å². The van der Waals surface area contributed by atoms with E-state index in [1.54, 1.807) is 7.11 Å². The van der Waals surface area contributed by atoms with Crippen LogP contribution in [0.2, 0.25) is 0 Å². The number of methoxy groups -OCH3 is 1. The SMILES string of the molecule is COc1ccccc1NC(N)=NCc1ccc(COCc2ccccc2)cc1.I. The average molecular weight is 503 g/mol. The second kappa shape index (κ2) is 12.1. The Morgan fingerprint density at radius 3 is 2.10 bits per heavy atom. The molecule has 3 rings (SSSR count). The lowest BCUT2D eigenvalue weighted by Crippen LogP contribution is -2.22. The molecule has 0 spiro atoms. The van der Waals surface area contributed by atoms with Crippen molar-refractivity contribution in [3.05, 3.63) is 95.6 Å². The van der Waals surface area contributed by atoms with Crippen molar-refractivity contribution < 1.29 is 9.47 Å². The maximum absolute atomic E-state index is 5.99. The highest BCUT2D eigenvalue weighted by molar-refractivity contribution is 14.0. The molecular formula is C23H26IN3O2. The largest absolute Gasteiger partial charge is 0.495 e. The van der Waals surface area contributed by atoms with Gasteiger partial charge < -0.3 is 20.5 Å². The first-order valence-corrected chi connectivity index (χ1v) is 9.14. The van der Waals surface area contributed by atoms with Gasteiger partial charge in [-0.1, -0.05) is 66.7 Å².